The van der Waals surface area contributed by atoms with Crippen molar-refractivity contribution in [3.63, 3.8) is 0 Å². The highest BCUT2D eigenvalue weighted by Crippen LogP contribution is 2.54. The monoisotopic (exact) mass is 237 g/mol. The van der Waals surface area contributed by atoms with Gasteiger partial charge in [-0.05, 0) is 55.8 Å². The van der Waals surface area contributed by atoms with E-state index in [1.807, 2.05) is 0 Å². The third-order valence-corrected chi connectivity index (χ3v) is 5.47. The molecule has 0 aromatic rings. The van der Waals surface area contributed by atoms with Crippen LogP contribution in [-0.4, -0.2) is 5.91 Å². The van der Waals surface area contributed by atoms with E-state index < -0.39 is 0 Å². The average molecular weight is 237 g/mol. The Kier molecular flexibility index (Phi) is 3.26. The van der Waals surface area contributed by atoms with Crippen LogP contribution in [0.25, 0.3) is 0 Å². The number of primary amides is 1. The summed E-state index contributed by atoms with van der Waals surface area (Å²) in [5.74, 6) is 1.37. The first-order chi connectivity index (χ1) is 7.86. The van der Waals surface area contributed by atoms with Gasteiger partial charge in [0.05, 0.1) is 5.41 Å². The van der Waals surface area contributed by atoms with Crippen molar-refractivity contribution >= 4 is 5.91 Å². The normalized spacial score (nSPS) is 32.9. The molecule has 0 aliphatic heterocycles. The Balaban J connectivity index is 1.97. The van der Waals surface area contributed by atoms with Gasteiger partial charge >= 0.3 is 0 Å². The Labute approximate surface area is 105 Å². The standard InChI is InChI=1S/C15H27NO/c1-14(2,3)11-5-7-12(8-6-11)15(13(16)17)9-4-10-15/h11-12H,4-10H2,1-3H3,(H2,16,17). The van der Waals surface area contributed by atoms with Crippen LogP contribution in [0.15, 0.2) is 0 Å². The van der Waals surface area contributed by atoms with Crippen molar-refractivity contribution < 1.29 is 4.79 Å². The van der Waals surface area contributed by atoms with Gasteiger partial charge in [-0.1, -0.05) is 27.2 Å². The molecule has 0 unspecified atom stereocenters. The largest absolute Gasteiger partial charge is 0.369 e. The van der Waals surface area contributed by atoms with Gasteiger partial charge < -0.3 is 5.73 Å². The molecule has 0 atom stereocenters. The summed E-state index contributed by atoms with van der Waals surface area (Å²) in [5.41, 5.74) is 5.96. The van der Waals surface area contributed by atoms with Crippen LogP contribution in [0.5, 0.6) is 0 Å². The molecule has 2 aliphatic carbocycles. The van der Waals surface area contributed by atoms with Gasteiger partial charge in [-0.25, -0.2) is 0 Å². The number of rotatable bonds is 2. The molecule has 0 spiro atoms. The van der Waals surface area contributed by atoms with Crippen LogP contribution in [0.1, 0.15) is 65.7 Å². The molecule has 0 bridgehead atoms. The number of hydrogen-bond acceptors (Lipinski definition) is 1. The van der Waals surface area contributed by atoms with Gasteiger partial charge in [-0.15, -0.1) is 0 Å². The summed E-state index contributed by atoms with van der Waals surface area (Å²) in [6.07, 6.45) is 8.28. The first kappa shape index (κ1) is 12.9. The maximum Gasteiger partial charge on any atom is 0.223 e. The smallest absolute Gasteiger partial charge is 0.223 e. The van der Waals surface area contributed by atoms with Crippen molar-refractivity contribution in [3.8, 4) is 0 Å². The fourth-order valence-corrected chi connectivity index (χ4v) is 3.93. The third-order valence-electron chi connectivity index (χ3n) is 5.47. The van der Waals surface area contributed by atoms with Crippen molar-refractivity contribution in [2.45, 2.75) is 65.7 Å². The molecule has 2 rings (SSSR count). The van der Waals surface area contributed by atoms with Crippen LogP contribution >= 0.6 is 0 Å². The Morgan fingerprint density at radius 2 is 1.65 bits per heavy atom. The lowest BCUT2D eigenvalue weighted by Gasteiger charge is -2.49. The maximum atomic E-state index is 11.7. The van der Waals surface area contributed by atoms with Crippen molar-refractivity contribution in [1.29, 1.82) is 0 Å². The molecule has 2 N–H and O–H groups in total. The Hall–Kier alpha value is -0.530. The first-order valence-electron chi connectivity index (χ1n) is 7.16. The molecule has 0 heterocycles. The van der Waals surface area contributed by atoms with Crippen molar-refractivity contribution in [1.82, 2.24) is 0 Å². The molecule has 2 heteroatoms. The third kappa shape index (κ3) is 2.23. The first-order valence-corrected chi connectivity index (χ1v) is 7.16. The molecule has 0 aromatic heterocycles. The number of hydrogen-bond donors (Lipinski definition) is 1. The fraction of sp³-hybridized carbons (Fsp3) is 0.933. The zero-order chi connectivity index (χ0) is 12.7. The molecule has 17 heavy (non-hydrogen) atoms. The van der Waals surface area contributed by atoms with Crippen molar-refractivity contribution in [3.05, 3.63) is 0 Å². The lowest BCUT2D eigenvalue weighted by Crippen LogP contribution is -2.49. The maximum absolute atomic E-state index is 11.7. The minimum absolute atomic E-state index is 0.0250. The van der Waals surface area contributed by atoms with Gasteiger partial charge in [0.25, 0.3) is 0 Å². The van der Waals surface area contributed by atoms with Gasteiger partial charge in [0, 0.05) is 0 Å². The number of carbonyl (C=O) groups is 1. The molecule has 2 aliphatic rings. The number of nitrogens with two attached hydrogens (primary N) is 1. The summed E-state index contributed by atoms with van der Waals surface area (Å²) in [6.45, 7) is 7.02. The molecule has 0 radical (unpaired) electrons. The molecule has 2 nitrogen and oxygen atoms in total. The summed E-state index contributed by atoms with van der Waals surface area (Å²) in [6, 6.07) is 0. The second kappa shape index (κ2) is 4.29. The predicted octanol–water partition coefficient (Wildman–Crippen LogP) is 3.49. The predicted molar refractivity (Wildman–Crippen MR) is 70.4 cm³/mol. The molecule has 1 amide bonds. The van der Waals surface area contributed by atoms with E-state index in [4.69, 9.17) is 5.73 Å². The minimum atomic E-state index is -0.108. The van der Waals surface area contributed by atoms with Crippen LogP contribution < -0.4 is 5.73 Å². The molecule has 0 saturated heterocycles. The summed E-state index contributed by atoms with van der Waals surface area (Å²) in [7, 11) is 0. The van der Waals surface area contributed by atoms with E-state index in [2.05, 4.69) is 20.8 Å². The van der Waals surface area contributed by atoms with E-state index in [0.717, 1.165) is 18.8 Å². The molecular weight excluding hydrogens is 210 g/mol. The van der Waals surface area contributed by atoms with E-state index in [-0.39, 0.29) is 11.3 Å². The van der Waals surface area contributed by atoms with Crippen LogP contribution in [-0.2, 0) is 4.79 Å². The topological polar surface area (TPSA) is 43.1 Å². The van der Waals surface area contributed by atoms with E-state index in [9.17, 15) is 4.79 Å². The van der Waals surface area contributed by atoms with Gasteiger partial charge in [-0.3, -0.25) is 4.79 Å². The Morgan fingerprint density at radius 3 is 1.94 bits per heavy atom. The van der Waals surface area contributed by atoms with Crippen LogP contribution in [0.4, 0.5) is 0 Å². The quantitative estimate of drug-likeness (QED) is 0.785. The molecule has 2 fully saturated rings. The molecule has 0 aromatic carbocycles. The van der Waals surface area contributed by atoms with E-state index in [0.29, 0.717) is 11.3 Å². The lowest BCUT2D eigenvalue weighted by atomic mass is 9.55. The van der Waals surface area contributed by atoms with Crippen LogP contribution in [0.3, 0.4) is 0 Å². The Bertz CT molecular complexity index is 291. The highest BCUT2D eigenvalue weighted by atomic mass is 16.1. The highest BCUT2D eigenvalue weighted by molar-refractivity contribution is 5.82. The second-order valence-electron chi connectivity index (χ2n) is 7.29. The summed E-state index contributed by atoms with van der Waals surface area (Å²) in [5, 5.41) is 0. The Morgan fingerprint density at radius 1 is 1.12 bits per heavy atom. The lowest BCUT2D eigenvalue weighted by molar-refractivity contribution is -0.139. The second-order valence-corrected chi connectivity index (χ2v) is 7.29. The zero-order valence-electron chi connectivity index (χ0n) is 11.6. The molecular formula is C15H27NO. The van der Waals surface area contributed by atoms with Gasteiger partial charge in [0.2, 0.25) is 5.91 Å². The number of amides is 1. The van der Waals surface area contributed by atoms with Crippen molar-refractivity contribution in [2.24, 2.45) is 28.4 Å². The van der Waals surface area contributed by atoms with E-state index >= 15 is 0 Å². The average Bonchev–Trinajstić information content (AvgIpc) is 2.14. The summed E-state index contributed by atoms with van der Waals surface area (Å²) >= 11 is 0. The van der Waals surface area contributed by atoms with Crippen LogP contribution in [0.2, 0.25) is 0 Å². The van der Waals surface area contributed by atoms with Gasteiger partial charge in [0.15, 0.2) is 0 Å². The van der Waals surface area contributed by atoms with Crippen molar-refractivity contribution in [2.75, 3.05) is 0 Å². The SMILES string of the molecule is CC(C)(C)C1CCC(C2(C(N)=O)CCC2)CC1. The molecule has 98 valence electrons. The summed E-state index contributed by atoms with van der Waals surface area (Å²) in [4.78, 5) is 11.7. The zero-order valence-corrected chi connectivity index (χ0v) is 11.6. The number of carbonyl (C=O) groups excluding carboxylic acids is 1. The van der Waals surface area contributed by atoms with E-state index in [1.165, 1.54) is 32.1 Å². The summed E-state index contributed by atoms with van der Waals surface area (Å²) < 4.78 is 0. The minimum Gasteiger partial charge on any atom is -0.369 e. The highest BCUT2D eigenvalue weighted by Gasteiger charge is 2.49. The fourth-order valence-electron chi connectivity index (χ4n) is 3.93. The van der Waals surface area contributed by atoms with Gasteiger partial charge in [-0.2, -0.15) is 0 Å². The van der Waals surface area contributed by atoms with Gasteiger partial charge in [0.1, 0.15) is 0 Å². The molecule has 2 saturated carbocycles. The van der Waals surface area contributed by atoms with Crippen LogP contribution in [0, 0.1) is 22.7 Å². The van der Waals surface area contributed by atoms with E-state index in [1.54, 1.807) is 0 Å².